The molecule has 3 nitrogen and oxygen atoms in total. The zero-order valence-electron chi connectivity index (χ0n) is 9.57. The summed E-state index contributed by atoms with van der Waals surface area (Å²) in [5.41, 5.74) is 0.978. The van der Waals surface area contributed by atoms with Crippen LogP contribution in [0.1, 0.15) is 12.6 Å². The molecule has 0 spiro atoms. The van der Waals surface area contributed by atoms with E-state index in [1.807, 2.05) is 32.0 Å². The van der Waals surface area contributed by atoms with Crippen LogP contribution in [0.5, 0.6) is 0 Å². The Morgan fingerprint density at radius 1 is 1.38 bits per heavy atom. The van der Waals surface area contributed by atoms with Crippen molar-refractivity contribution >= 4 is 16.6 Å². The largest absolute Gasteiger partial charge is 0.394 e. The van der Waals surface area contributed by atoms with Crippen LogP contribution in [0.2, 0.25) is 0 Å². The van der Waals surface area contributed by atoms with Gasteiger partial charge in [0.2, 0.25) is 0 Å². The average Bonchev–Trinajstić information content (AvgIpc) is 2.28. The average molecular weight is 216 g/mol. The van der Waals surface area contributed by atoms with Crippen LogP contribution < -0.4 is 5.32 Å². The molecule has 1 atom stereocenters. The number of aryl methyl sites for hydroxylation is 1. The number of nitrogens with zero attached hydrogens (tertiary/aromatic N) is 1. The molecule has 1 aromatic carbocycles. The maximum absolute atomic E-state index is 9.05. The third-order valence-corrected chi connectivity index (χ3v) is 2.53. The Labute approximate surface area is 95.1 Å². The van der Waals surface area contributed by atoms with Crippen LogP contribution >= 0.6 is 0 Å². The maximum Gasteiger partial charge on any atom is 0.134 e. The quantitative estimate of drug-likeness (QED) is 0.827. The summed E-state index contributed by atoms with van der Waals surface area (Å²) in [5, 5.41) is 14.5. The van der Waals surface area contributed by atoms with Crippen molar-refractivity contribution in [3.8, 4) is 0 Å². The lowest BCUT2D eigenvalue weighted by Gasteiger charge is -2.14. The summed E-state index contributed by atoms with van der Waals surface area (Å²) in [5.74, 6) is 0.845. The SMILES string of the molecule is Cc1cc2ccccc2c(N[C@H](C)CO)n1. The number of fused-ring (bicyclic) bond motifs is 1. The van der Waals surface area contributed by atoms with Gasteiger partial charge in [-0.2, -0.15) is 0 Å². The van der Waals surface area contributed by atoms with Gasteiger partial charge in [0.05, 0.1) is 6.61 Å². The van der Waals surface area contributed by atoms with Crippen molar-refractivity contribution in [2.24, 2.45) is 0 Å². The minimum absolute atomic E-state index is 0.0118. The minimum atomic E-state index is 0.0118. The third kappa shape index (κ3) is 2.14. The highest BCUT2D eigenvalue weighted by Crippen LogP contribution is 2.22. The van der Waals surface area contributed by atoms with Gasteiger partial charge in [0.1, 0.15) is 5.82 Å². The van der Waals surface area contributed by atoms with E-state index in [9.17, 15) is 0 Å². The molecule has 0 aliphatic rings. The van der Waals surface area contributed by atoms with Crippen LogP contribution in [0.3, 0.4) is 0 Å². The van der Waals surface area contributed by atoms with Crippen LogP contribution in [-0.4, -0.2) is 22.7 Å². The Morgan fingerprint density at radius 2 is 2.12 bits per heavy atom. The first-order valence-corrected chi connectivity index (χ1v) is 5.44. The molecule has 3 heteroatoms. The number of aliphatic hydroxyl groups excluding tert-OH is 1. The molecule has 0 amide bonds. The predicted octanol–water partition coefficient (Wildman–Crippen LogP) is 2.34. The lowest BCUT2D eigenvalue weighted by Crippen LogP contribution is -2.20. The summed E-state index contributed by atoms with van der Waals surface area (Å²) in [4.78, 5) is 4.47. The lowest BCUT2D eigenvalue weighted by molar-refractivity contribution is 0.281. The van der Waals surface area contributed by atoms with E-state index in [1.165, 1.54) is 5.39 Å². The molecule has 0 unspecified atom stereocenters. The van der Waals surface area contributed by atoms with E-state index in [2.05, 4.69) is 22.4 Å². The molecule has 0 aliphatic heterocycles. The normalized spacial score (nSPS) is 12.7. The van der Waals surface area contributed by atoms with Gasteiger partial charge in [-0.1, -0.05) is 24.3 Å². The molecule has 2 N–H and O–H groups in total. The van der Waals surface area contributed by atoms with E-state index < -0.39 is 0 Å². The van der Waals surface area contributed by atoms with Crippen molar-refractivity contribution in [1.82, 2.24) is 4.98 Å². The molecule has 0 saturated carbocycles. The summed E-state index contributed by atoms with van der Waals surface area (Å²) in [6.07, 6.45) is 0. The fourth-order valence-electron chi connectivity index (χ4n) is 1.72. The Bertz CT molecular complexity index is 496. The fourth-order valence-corrected chi connectivity index (χ4v) is 1.72. The van der Waals surface area contributed by atoms with Crippen LogP contribution in [0.4, 0.5) is 5.82 Å². The molecular weight excluding hydrogens is 200 g/mol. The molecule has 1 aromatic heterocycles. The number of rotatable bonds is 3. The highest BCUT2D eigenvalue weighted by Gasteiger charge is 2.06. The molecule has 0 bridgehead atoms. The molecule has 2 rings (SSSR count). The van der Waals surface area contributed by atoms with Crippen LogP contribution in [-0.2, 0) is 0 Å². The monoisotopic (exact) mass is 216 g/mol. The number of aromatic nitrogens is 1. The fraction of sp³-hybridized carbons (Fsp3) is 0.308. The van der Waals surface area contributed by atoms with Crippen molar-refractivity contribution in [3.63, 3.8) is 0 Å². The van der Waals surface area contributed by atoms with Crippen molar-refractivity contribution in [1.29, 1.82) is 0 Å². The molecule has 2 aromatic rings. The second-order valence-electron chi connectivity index (χ2n) is 4.06. The summed E-state index contributed by atoms with van der Waals surface area (Å²) in [7, 11) is 0. The highest BCUT2D eigenvalue weighted by atomic mass is 16.3. The van der Waals surface area contributed by atoms with Gasteiger partial charge in [0.15, 0.2) is 0 Å². The summed E-state index contributed by atoms with van der Waals surface area (Å²) in [6.45, 7) is 4.00. The van der Waals surface area contributed by atoms with Crippen molar-refractivity contribution in [2.45, 2.75) is 19.9 Å². The van der Waals surface area contributed by atoms with Crippen molar-refractivity contribution in [2.75, 3.05) is 11.9 Å². The number of benzene rings is 1. The van der Waals surface area contributed by atoms with Crippen LogP contribution in [0, 0.1) is 6.92 Å². The highest BCUT2D eigenvalue weighted by molar-refractivity contribution is 5.92. The molecule has 0 radical (unpaired) electrons. The molecule has 1 heterocycles. The molecular formula is C13H16N2O. The molecule has 0 fully saturated rings. The van der Waals surface area contributed by atoms with E-state index >= 15 is 0 Å². The van der Waals surface area contributed by atoms with E-state index in [0.29, 0.717) is 0 Å². The van der Waals surface area contributed by atoms with E-state index in [1.54, 1.807) is 0 Å². The zero-order chi connectivity index (χ0) is 11.5. The van der Waals surface area contributed by atoms with Crippen LogP contribution in [0.25, 0.3) is 10.8 Å². The minimum Gasteiger partial charge on any atom is -0.394 e. The Kier molecular flexibility index (Phi) is 3.06. The summed E-state index contributed by atoms with van der Waals surface area (Å²) >= 11 is 0. The zero-order valence-corrected chi connectivity index (χ0v) is 9.57. The van der Waals surface area contributed by atoms with Crippen molar-refractivity contribution < 1.29 is 5.11 Å². The number of anilines is 1. The number of hydrogen-bond acceptors (Lipinski definition) is 3. The molecule has 0 saturated heterocycles. The first-order valence-electron chi connectivity index (χ1n) is 5.44. The number of hydrogen-bond donors (Lipinski definition) is 2. The first-order chi connectivity index (χ1) is 7.70. The lowest BCUT2D eigenvalue weighted by atomic mass is 10.1. The van der Waals surface area contributed by atoms with E-state index in [4.69, 9.17) is 5.11 Å². The third-order valence-electron chi connectivity index (χ3n) is 2.53. The molecule has 84 valence electrons. The van der Waals surface area contributed by atoms with Gasteiger partial charge in [-0.3, -0.25) is 0 Å². The van der Waals surface area contributed by atoms with Gasteiger partial charge >= 0.3 is 0 Å². The smallest absolute Gasteiger partial charge is 0.134 e. The van der Waals surface area contributed by atoms with Gasteiger partial charge in [0.25, 0.3) is 0 Å². The predicted molar refractivity (Wildman–Crippen MR) is 66.7 cm³/mol. The maximum atomic E-state index is 9.05. The van der Waals surface area contributed by atoms with E-state index in [0.717, 1.165) is 16.9 Å². The first kappa shape index (κ1) is 10.9. The summed E-state index contributed by atoms with van der Waals surface area (Å²) in [6, 6.07) is 10.2. The van der Waals surface area contributed by atoms with Crippen LogP contribution in [0.15, 0.2) is 30.3 Å². The Hall–Kier alpha value is -1.61. The number of pyridine rings is 1. The van der Waals surface area contributed by atoms with Gasteiger partial charge in [-0.05, 0) is 25.3 Å². The Balaban J connectivity index is 2.50. The standard InChI is InChI=1S/C13H16N2O/c1-9-7-11-5-3-4-6-12(11)13(14-9)15-10(2)8-16/h3-7,10,16H,8H2,1-2H3,(H,14,15)/t10-/m1/s1. The topological polar surface area (TPSA) is 45.1 Å². The van der Waals surface area contributed by atoms with Gasteiger partial charge in [-0.25, -0.2) is 4.98 Å². The number of aliphatic hydroxyl groups is 1. The van der Waals surface area contributed by atoms with Gasteiger partial charge in [0, 0.05) is 17.1 Å². The van der Waals surface area contributed by atoms with E-state index in [-0.39, 0.29) is 12.6 Å². The second-order valence-corrected chi connectivity index (χ2v) is 4.06. The van der Waals surface area contributed by atoms with Gasteiger partial charge in [-0.15, -0.1) is 0 Å². The summed E-state index contributed by atoms with van der Waals surface area (Å²) < 4.78 is 0. The Morgan fingerprint density at radius 3 is 2.88 bits per heavy atom. The number of nitrogens with one attached hydrogen (secondary N) is 1. The molecule has 16 heavy (non-hydrogen) atoms. The molecule has 0 aliphatic carbocycles. The van der Waals surface area contributed by atoms with Crippen molar-refractivity contribution in [3.05, 3.63) is 36.0 Å². The second kappa shape index (κ2) is 4.49. The van der Waals surface area contributed by atoms with Gasteiger partial charge < -0.3 is 10.4 Å².